The Kier molecular flexibility index (Phi) is 4.78. The number of nitrogens with one attached hydrogen (secondary N) is 1. The van der Waals surface area contributed by atoms with Crippen LogP contribution in [-0.2, 0) is 19.4 Å². The van der Waals surface area contributed by atoms with Crippen LogP contribution in [0.5, 0.6) is 0 Å². The van der Waals surface area contributed by atoms with Gasteiger partial charge in [-0.15, -0.1) is 0 Å². The highest BCUT2D eigenvalue weighted by Crippen LogP contribution is 2.29. The molecule has 1 fully saturated rings. The van der Waals surface area contributed by atoms with E-state index in [9.17, 15) is 0 Å². The highest BCUT2D eigenvalue weighted by molar-refractivity contribution is 5.12. The summed E-state index contributed by atoms with van der Waals surface area (Å²) in [6.07, 6.45) is 7.35. The summed E-state index contributed by atoms with van der Waals surface area (Å²) in [5.74, 6) is 6.49. The normalized spacial score (nSPS) is 18.4. The average molecular weight is 250 g/mol. The van der Waals surface area contributed by atoms with Gasteiger partial charge in [-0.25, -0.2) is 0 Å². The Bertz CT molecular complexity index is 366. The van der Waals surface area contributed by atoms with E-state index >= 15 is 0 Å². The lowest BCUT2D eigenvalue weighted by molar-refractivity contribution is 0.354. The minimum Gasteiger partial charge on any atom is -0.271 e. The van der Waals surface area contributed by atoms with Crippen LogP contribution in [0.15, 0.2) is 6.07 Å². The van der Waals surface area contributed by atoms with E-state index in [1.165, 1.54) is 37.1 Å². The molecule has 18 heavy (non-hydrogen) atoms. The van der Waals surface area contributed by atoms with Crippen LogP contribution in [0, 0.1) is 5.92 Å². The molecule has 0 aromatic carbocycles. The van der Waals surface area contributed by atoms with Crippen LogP contribution in [0.25, 0.3) is 0 Å². The van der Waals surface area contributed by atoms with Crippen LogP contribution < -0.4 is 11.3 Å². The number of hydrogen-bond donors (Lipinski definition) is 2. The summed E-state index contributed by atoms with van der Waals surface area (Å²) in [5.41, 5.74) is 5.54. The third kappa shape index (κ3) is 2.93. The van der Waals surface area contributed by atoms with Gasteiger partial charge in [0.15, 0.2) is 0 Å². The molecule has 0 amide bonds. The van der Waals surface area contributed by atoms with Gasteiger partial charge in [-0.2, -0.15) is 5.10 Å². The Hall–Kier alpha value is -0.870. The molecule has 1 unspecified atom stereocenters. The maximum Gasteiger partial charge on any atom is 0.0624 e. The fourth-order valence-corrected chi connectivity index (χ4v) is 3.07. The van der Waals surface area contributed by atoms with Crippen LogP contribution in [0.3, 0.4) is 0 Å². The van der Waals surface area contributed by atoms with Crippen LogP contribution in [0.4, 0.5) is 0 Å². The zero-order chi connectivity index (χ0) is 13.0. The van der Waals surface area contributed by atoms with E-state index < -0.39 is 0 Å². The zero-order valence-electron chi connectivity index (χ0n) is 11.7. The number of nitrogens with two attached hydrogens (primary N) is 1. The van der Waals surface area contributed by atoms with Gasteiger partial charge < -0.3 is 0 Å². The van der Waals surface area contributed by atoms with Gasteiger partial charge in [-0.3, -0.25) is 16.0 Å². The third-order valence-corrected chi connectivity index (χ3v) is 4.19. The Morgan fingerprint density at radius 2 is 2.17 bits per heavy atom. The summed E-state index contributed by atoms with van der Waals surface area (Å²) < 4.78 is 2.12. The Morgan fingerprint density at radius 3 is 2.72 bits per heavy atom. The lowest BCUT2D eigenvalue weighted by atomic mass is 9.94. The van der Waals surface area contributed by atoms with Gasteiger partial charge >= 0.3 is 0 Å². The molecule has 0 radical (unpaired) electrons. The van der Waals surface area contributed by atoms with E-state index in [0.717, 1.165) is 25.3 Å². The monoisotopic (exact) mass is 250 g/mol. The van der Waals surface area contributed by atoms with Crippen LogP contribution in [0.2, 0.25) is 0 Å². The number of aryl methyl sites for hydroxylation is 2. The van der Waals surface area contributed by atoms with Gasteiger partial charge in [0.05, 0.1) is 5.69 Å². The Balaban J connectivity index is 2.07. The smallest absolute Gasteiger partial charge is 0.0624 e. The molecule has 4 nitrogen and oxygen atoms in total. The van der Waals surface area contributed by atoms with Crippen molar-refractivity contribution in [3.05, 3.63) is 17.5 Å². The van der Waals surface area contributed by atoms with E-state index in [1.54, 1.807) is 0 Å². The van der Waals surface area contributed by atoms with Crippen LogP contribution >= 0.6 is 0 Å². The summed E-state index contributed by atoms with van der Waals surface area (Å²) in [4.78, 5) is 0. The van der Waals surface area contributed by atoms with E-state index in [-0.39, 0.29) is 0 Å². The zero-order valence-corrected chi connectivity index (χ0v) is 11.7. The minimum atomic E-state index is 0.402. The molecule has 0 spiro atoms. The molecule has 0 saturated heterocycles. The summed E-state index contributed by atoms with van der Waals surface area (Å²) in [6, 6.07) is 2.64. The van der Waals surface area contributed by atoms with Crippen molar-refractivity contribution >= 4 is 0 Å². The second-order valence-electron chi connectivity index (χ2n) is 5.32. The predicted octanol–water partition coefficient (Wildman–Crippen LogP) is 2.03. The summed E-state index contributed by atoms with van der Waals surface area (Å²) >= 11 is 0. The second kappa shape index (κ2) is 6.34. The second-order valence-corrected chi connectivity index (χ2v) is 5.32. The molecule has 1 aromatic rings. The van der Waals surface area contributed by atoms with Crippen molar-refractivity contribution in [3.63, 3.8) is 0 Å². The molecule has 0 aliphatic heterocycles. The highest BCUT2D eigenvalue weighted by atomic mass is 15.3. The van der Waals surface area contributed by atoms with Crippen molar-refractivity contribution < 1.29 is 0 Å². The Morgan fingerprint density at radius 1 is 1.44 bits per heavy atom. The lowest BCUT2D eigenvalue weighted by Crippen LogP contribution is -2.42. The van der Waals surface area contributed by atoms with Crippen LogP contribution in [0.1, 0.15) is 50.9 Å². The number of hydrazine groups is 1. The van der Waals surface area contributed by atoms with E-state index in [4.69, 9.17) is 5.84 Å². The molecule has 4 heteroatoms. The van der Waals surface area contributed by atoms with Crippen molar-refractivity contribution in [2.45, 2.75) is 65.0 Å². The van der Waals surface area contributed by atoms with Gasteiger partial charge in [0.2, 0.25) is 0 Å². The first-order valence-electron chi connectivity index (χ1n) is 7.30. The first-order chi connectivity index (χ1) is 8.78. The standard InChI is InChI=1S/C14H26N4/c1-3-12-9-13(18(4-2)17-12)10-14(16-15)11-7-5-6-8-11/h9,11,14,16H,3-8,10,15H2,1-2H3. The highest BCUT2D eigenvalue weighted by Gasteiger charge is 2.25. The molecule has 1 aromatic heterocycles. The first-order valence-corrected chi connectivity index (χ1v) is 7.30. The van der Waals surface area contributed by atoms with Crippen molar-refractivity contribution in [2.75, 3.05) is 0 Å². The number of hydrogen-bond acceptors (Lipinski definition) is 3. The molecule has 1 atom stereocenters. The summed E-state index contributed by atoms with van der Waals surface area (Å²) in [5, 5.41) is 4.61. The molecular formula is C14H26N4. The fourth-order valence-electron chi connectivity index (χ4n) is 3.07. The van der Waals surface area contributed by atoms with E-state index in [2.05, 4.69) is 35.1 Å². The van der Waals surface area contributed by atoms with Gasteiger partial charge in [0.1, 0.15) is 0 Å². The number of aromatic nitrogens is 2. The predicted molar refractivity (Wildman–Crippen MR) is 74.1 cm³/mol. The maximum absolute atomic E-state index is 5.75. The van der Waals surface area contributed by atoms with Gasteiger partial charge in [0, 0.05) is 24.7 Å². The first kappa shape index (κ1) is 13.6. The molecule has 1 aliphatic rings. The van der Waals surface area contributed by atoms with Gasteiger partial charge in [-0.1, -0.05) is 19.8 Å². The molecule has 1 heterocycles. The average Bonchev–Trinajstić information content (AvgIpc) is 3.04. The molecular weight excluding hydrogens is 224 g/mol. The van der Waals surface area contributed by atoms with Gasteiger partial charge in [0.25, 0.3) is 0 Å². The van der Waals surface area contributed by atoms with Crippen molar-refractivity contribution in [2.24, 2.45) is 11.8 Å². The topological polar surface area (TPSA) is 55.9 Å². The quantitative estimate of drug-likeness (QED) is 0.600. The summed E-state index contributed by atoms with van der Waals surface area (Å²) in [7, 11) is 0. The molecule has 1 aliphatic carbocycles. The van der Waals surface area contributed by atoms with Gasteiger partial charge in [-0.05, 0) is 38.2 Å². The van der Waals surface area contributed by atoms with Crippen LogP contribution in [-0.4, -0.2) is 15.8 Å². The van der Waals surface area contributed by atoms with Crippen molar-refractivity contribution in [1.29, 1.82) is 0 Å². The molecule has 0 bridgehead atoms. The maximum atomic E-state index is 5.75. The van der Waals surface area contributed by atoms with E-state index in [1.807, 2.05) is 0 Å². The number of nitrogens with zero attached hydrogens (tertiary/aromatic N) is 2. The molecule has 1 saturated carbocycles. The lowest BCUT2D eigenvalue weighted by Gasteiger charge is -2.22. The molecule has 102 valence electrons. The molecule has 2 rings (SSSR count). The minimum absolute atomic E-state index is 0.402. The fraction of sp³-hybridized carbons (Fsp3) is 0.786. The van der Waals surface area contributed by atoms with Crippen molar-refractivity contribution in [1.82, 2.24) is 15.2 Å². The van der Waals surface area contributed by atoms with Crippen molar-refractivity contribution in [3.8, 4) is 0 Å². The molecule has 3 N–H and O–H groups in total. The summed E-state index contributed by atoms with van der Waals surface area (Å²) in [6.45, 7) is 5.25. The third-order valence-electron chi connectivity index (χ3n) is 4.19. The Labute approximate surface area is 110 Å². The van der Waals surface area contributed by atoms with E-state index in [0.29, 0.717) is 6.04 Å². The SMILES string of the molecule is CCc1cc(CC(NN)C2CCCC2)n(CC)n1. The number of rotatable bonds is 6. The largest absolute Gasteiger partial charge is 0.271 e.